The van der Waals surface area contributed by atoms with Crippen molar-refractivity contribution in [2.24, 2.45) is 0 Å². The van der Waals surface area contributed by atoms with Crippen LogP contribution in [0.5, 0.6) is 0 Å². The highest BCUT2D eigenvalue weighted by molar-refractivity contribution is 9.10. The molecule has 2 aromatic rings. The molecule has 0 atom stereocenters. The van der Waals surface area contributed by atoms with Crippen molar-refractivity contribution in [2.45, 2.75) is 19.8 Å². The Morgan fingerprint density at radius 2 is 1.76 bits per heavy atom. The zero-order chi connectivity index (χ0) is 15.1. The van der Waals surface area contributed by atoms with Gasteiger partial charge in [-0.2, -0.15) is 0 Å². The van der Waals surface area contributed by atoms with E-state index in [0.717, 1.165) is 23.9 Å². The minimum absolute atomic E-state index is 0.205. The Morgan fingerprint density at radius 3 is 2.38 bits per heavy atom. The second-order valence-corrected chi connectivity index (χ2v) is 5.46. The van der Waals surface area contributed by atoms with Crippen molar-refractivity contribution in [3.8, 4) is 0 Å². The van der Waals surface area contributed by atoms with Gasteiger partial charge in [0.05, 0.1) is 0 Å². The van der Waals surface area contributed by atoms with Gasteiger partial charge in [-0.05, 0) is 42.8 Å². The highest BCUT2D eigenvalue weighted by Crippen LogP contribution is 2.12. The molecule has 0 aliphatic carbocycles. The summed E-state index contributed by atoms with van der Waals surface area (Å²) in [5, 5.41) is 13.9. The minimum Gasteiger partial charge on any atom is -0.369 e. The summed E-state index contributed by atoms with van der Waals surface area (Å²) in [6.45, 7) is 3.00. The first-order valence-corrected chi connectivity index (χ1v) is 7.63. The van der Waals surface area contributed by atoms with Crippen LogP contribution >= 0.6 is 15.9 Å². The monoisotopic (exact) mass is 348 g/mol. The van der Waals surface area contributed by atoms with Gasteiger partial charge in [0.15, 0.2) is 5.82 Å². The fourth-order valence-corrected chi connectivity index (χ4v) is 1.94. The summed E-state index contributed by atoms with van der Waals surface area (Å²) < 4.78 is 0.932. The molecule has 0 saturated carbocycles. The zero-order valence-corrected chi connectivity index (χ0v) is 13.4. The molecule has 0 spiro atoms. The number of halogens is 1. The lowest BCUT2D eigenvalue weighted by molar-refractivity contribution is 0.102. The number of aromatic nitrogens is 2. The SMILES string of the molecule is CCCCNc1ccc(NC(=O)c2ccc(Br)cc2)nn1. The summed E-state index contributed by atoms with van der Waals surface area (Å²) in [5.74, 6) is 0.942. The van der Waals surface area contributed by atoms with Gasteiger partial charge in [0.1, 0.15) is 5.82 Å². The van der Waals surface area contributed by atoms with E-state index in [0.29, 0.717) is 17.2 Å². The molecule has 110 valence electrons. The van der Waals surface area contributed by atoms with E-state index in [9.17, 15) is 4.79 Å². The minimum atomic E-state index is -0.205. The standard InChI is InChI=1S/C15H17BrN4O/c1-2-3-10-17-13-8-9-14(20-19-13)18-15(21)11-4-6-12(16)7-5-11/h4-9H,2-3,10H2,1H3,(H,17,19)(H,18,20,21). The van der Waals surface area contributed by atoms with Crippen LogP contribution in [0.3, 0.4) is 0 Å². The number of unbranched alkanes of at least 4 members (excludes halogenated alkanes) is 1. The van der Waals surface area contributed by atoms with E-state index < -0.39 is 0 Å². The Labute approximate surface area is 132 Å². The molecule has 5 nitrogen and oxygen atoms in total. The van der Waals surface area contributed by atoms with Gasteiger partial charge in [-0.15, -0.1) is 10.2 Å². The first-order valence-electron chi connectivity index (χ1n) is 6.83. The fraction of sp³-hybridized carbons (Fsp3) is 0.267. The van der Waals surface area contributed by atoms with Crippen LogP contribution in [0.1, 0.15) is 30.1 Å². The van der Waals surface area contributed by atoms with Gasteiger partial charge in [0.25, 0.3) is 5.91 Å². The molecule has 1 aromatic heterocycles. The molecular formula is C15H17BrN4O. The summed E-state index contributed by atoms with van der Waals surface area (Å²) in [7, 11) is 0. The van der Waals surface area contributed by atoms with Gasteiger partial charge in [-0.3, -0.25) is 4.79 Å². The lowest BCUT2D eigenvalue weighted by Crippen LogP contribution is -2.13. The maximum atomic E-state index is 12.0. The third kappa shape index (κ3) is 4.82. The lowest BCUT2D eigenvalue weighted by atomic mass is 10.2. The van der Waals surface area contributed by atoms with Crippen molar-refractivity contribution in [1.29, 1.82) is 0 Å². The molecule has 0 saturated heterocycles. The highest BCUT2D eigenvalue weighted by Gasteiger charge is 2.07. The van der Waals surface area contributed by atoms with Gasteiger partial charge in [0, 0.05) is 16.6 Å². The van der Waals surface area contributed by atoms with Gasteiger partial charge in [0.2, 0.25) is 0 Å². The van der Waals surface area contributed by atoms with Crippen molar-refractivity contribution < 1.29 is 4.79 Å². The largest absolute Gasteiger partial charge is 0.369 e. The number of nitrogens with one attached hydrogen (secondary N) is 2. The third-order valence-electron chi connectivity index (χ3n) is 2.85. The molecule has 0 aliphatic rings. The van der Waals surface area contributed by atoms with Crippen LogP contribution in [-0.2, 0) is 0 Å². The predicted molar refractivity (Wildman–Crippen MR) is 87.5 cm³/mol. The number of carbonyl (C=O) groups excluding carboxylic acids is 1. The van der Waals surface area contributed by atoms with Gasteiger partial charge < -0.3 is 10.6 Å². The molecule has 2 rings (SSSR count). The topological polar surface area (TPSA) is 66.9 Å². The highest BCUT2D eigenvalue weighted by atomic mass is 79.9. The summed E-state index contributed by atoms with van der Waals surface area (Å²) in [5.41, 5.74) is 0.574. The molecule has 1 amide bonds. The van der Waals surface area contributed by atoms with Crippen LogP contribution < -0.4 is 10.6 Å². The molecule has 2 N–H and O–H groups in total. The second-order valence-electron chi connectivity index (χ2n) is 4.55. The van der Waals surface area contributed by atoms with Gasteiger partial charge >= 0.3 is 0 Å². The Balaban J connectivity index is 1.93. The number of carbonyl (C=O) groups is 1. The summed E-state index contributed by atoms with van der Waals surface area (Å²) in [6.07, 6.45) is 2.21. The average molecular weight is 349 g/mol. The van der Waals surface area contributed by atoms with Crippen molar-refractivity contribution >= 4 is 33.5 Å². The second kappa shape index (κ2) is 7.73. The van der Waals surface area contributed by atoms with Crippen molar-refractivity contribution in [2.75, 3.05) is 17.2 Å². The smallest absolute Gasteiger partial charge is 0.256 e. The average Bonchev–Trinajstić information content (AvgIpc) is 2.50. The Bertz CT molecular complexity index is 584. The maximum Gasteiger partial charge on any atom is 0.256 e. The van der Waals surface area contributed by atoms with E-state index >= 15 is 0 Å². The number of nitrogens with zero attached hydrogens (tertiary/aromatic N) is 2. The molecular weight excluding hydrogens is 332 g/mol. The third-order valence-corrected chi connectivity index (χ3v) is 3.38. The molecule has 1 heterocycles. The Kier molecular flexibility index (Phi) is 5.68. The number of anilines is 2. The van der Waals surface area contributed by atoms with Crippen LogP contribution in [0.25, 0.3) is 0 Å². The quantitative estimate of drug-likeness (QED) is 0.781. The van der Waals surface area contributed by atoms with Crippen molar-refractivity contribution in [1.82, 2.24) is 10.2 Å². The summed E-state index contributed by atoms with van der Waals surface area (Å²) in [6, 6.07) is 10.7. The molecule has 0 unspecified atom stereocenters. The van der Waals surface area contributed by atoms with Crippen LogP contribution in [-0.4, -0.2) is 22.6 Å². The number of hydrogen-bond acceptors (Lipinski definition) is 4. The number of amides is 1. The molecule has 0 bridgehead atoms. The van der Waals surface area contributed by atoms with E-state index in [2.05, 4.69) is 43.7 Å². The van der Waals surface area contributed by atoms with Crippen LogP contribution in [0.2, 0.25) is 0 Å². The van der Waals surface area contributed by atoms with E-state index in [4.69, 9.17) is 0 Å². The first-order chi connectivity index (χ1) is 10.2. The van der Waals surface area contributed by atoms with Crippen LogP contribution in [0.4, 0.5) is 11.6 Å². The van der Waals surface area contributed by atoms with E-state index in [1.54, 1.807) is 24.3 Å². The maximum absolute atomic E-state index is 12.0. The zero-order valence-electron chi connectivity index (χ0n) is 11.8. The molecule has 0 aliphatic heterocycles. The van der Waals surface area contributed by atoms with E-state index in [-0.39, 0.29) is 5.91 Å². The number of hydrogen-bond donors (Lipinski definition) is 2. The molecule has 1 aromatic carbocycles. The lowest BCUT2D eigenvalue weighted by Gasteiger charge is -2.06. The van der Waals surface area contributed by atoms with Crippen LogP contribution in [0, 0.1) is 0 Å². The van der Waals surface area contributed by atoms with Crippen molar-refractivity contribution in [3.05, 3.63) is 46.4 Å². The van der Waals surface area contributed by atoms with Crippen LogP contribution in [0.15, 0.2) is 40.9 Å². The first kappa shape index (κ1) is 15.4. The van der Waals surface area contributed by atoms with Crippen molar-refractivity contribution in [3.63, 3.8) is 0 Å². The van der Waals surface area contributed by atoms with Gasteiger partial charge in [-0.1, -0.05) is 29.3 Å². The molecule has 0 radical (unpaired) electrons. The summed E-state index contributed by atoms with van der Waals surface area (Å²) >= 11 is 3.33. The molecule has 6 heteroatoms. The van der Waals surface area contributed by atoms with E-state index in [1.807, 2.05) is 12.1 Å². The number of rotatable bonds is 6. The molecule has 21 heavy (non-hydrogen) atoms. The normalized spacial score (nSPS) is 10.2. The summed E-state index contributed by atoms with van der Waals surface area (Å²) in [4.78, 5) is 12.0. The van der Waals surface area contributed by atoms with Gasteiger partial charge in [-0.25, -0.2) is 0 Å². The fourth-order valence-electron chi connectivity index (χ4n) is 1.68. The number of benzene rings is 1. The predicted octanol–water partition coefficient (Wildman–Crippen LogP) is 3.70. The molecule has 0 fully saturated rings. The van der Waals surface area contributed by atoms with E-state index in [1.165, 1.54) is 0 Å². The Hall–Kier alpha value is -1.95. The Morgan fingerprint density at radius 1 is 1.10 bits per heavy atom.